The molecule has 7 nitrogen and oxygen atoms in total. The SMILES string of the molecule is C[C@@H]1c2cccc(C(=O)OCC(=O)Nc3sccc3C(N)=O)c2O[C@@H]1C. The first-order chi connectivity index (χ1) is 12.4. The number of nitrogens with two attached hydrogens (primary N) is 1. The third-order valence-electron chi connectivity index (χ3n) is 4.28. The van der Waals surface area contributed by atoms with Crippen molar-refractivity contribution in [2.75, 3.05) is 11.9 Å². The van der Waals surface area contributed by atoms with Crippen molar-refractivity contribution < 1.29 is 23.9 Å². The van der Waals surface area contributed by atoms with E-state index in [1.54, 1.807) is 17.5 Å². The molecule has 26 heavy (non-hydrogen) atoms. The van der Waals surface area contributed by atoms with E-state index in [9.17, 15) is 14.4 Å². The maximum atomic E-state index is 12.3. The van der Waals surface area contributed by atoms with Crippen molar-refractivity contribution in [2.24, 2.45) is 5.73 Å². The number of ether oxygens (including phenoxy) is 2. The molecule has 3 rings (SSSR count). The molecule has 0 radical (unpaired) electrons. The van der Waals surface area contributed by atoms with Crippen molar-refractivity contribution in [3.05, 3.63) is 46.3 Å². The fourth-order valence-electron chi connectivity index (χ4n) is 2.72. The fourth-order valence-corrected chi connectivity index (χ4v) is 3.53. The van der Waals surface area contributed by atoms with E-state index in [4.69, 9.17) is 15.2 Å². The summed E-state index contributed by atoms with van der Waals surface area (Å²) in [4.78, 5) is 35.6. The van der Waals surface area contributed by atoms with E-state index in [1.807, 2.05) is 19.9 Å². The van der Waals surface area contributed by atoms with Crippen molar-refractivity contribution in [1.29, 1.82) is 0 Å². The second-order valence-electron chi connectivity index (χ2n) is 5.99. The molecule has 2 heterocycles. The molecule has 1 aromatic carbocycles. The standard InChI is InChI=1S/C18H18N2O5S/c1-9-10(2)25-15-11(9)4-3-5-12(15)18(23)24-8-14(21)20-17-13(16(19)22)6-7-26-17/h3-7,9-10H,8H2,1-2H3,(H2,19,22)(H,20,21)/t9-,10+/m0/s1. The van der Waals surface area contributed by atoms with E-state index in [0.717, 1.165) is 16.9 Å². The van der Waals surface area contributed by atoms with Crippen molar-refractivity contribution >= 4 is 34.1 Å². The van der Waals surface area contributed by atoms with E-state index in [-0.39, 0.29) is 17.6 Å². The maximum absolute atomic E-state index is 12.3. The Morgan fingerprint density at radius 2 is 2.00 bits per heavy atom. The Bertz CT molecular complexity index is 876. The zero-order valence-corrected chi connectivity index (χ0v) is 15.1. The first kappa shape index (κ1) is 17.9. The molecular formula is C18H18N2O5S. The van der Waals surface area contributed by atoms with Crippen LogP contribution in [0.25, 0.3) is 0 Å². The van der Waals surface area contributed by atoms with Gasteiger partial charge in [0.1, 0.15) is 22.4 Å². The number of primary amides is 1. The summed E-state index contributed by atoms with van der Waals surface area (Å²) in [5.74, 6) is -1.16. The lowest BCUT2D eigenvalue weighted by Crippen LogP contribution is -2.22. The lowest BCUT2D eigenvalue weighted by atomic mass is 9.97. The minimum absolute atomic E-state index is 0.0340. The number of hydrogen-bond acceptors (Lipinski definition) is 6. The molecule has 0 unspecified atom stereocenters. The maximum Gasteiger partial charge on any atom is 0.342 e. The molecule has 2 atom stereocenters. The van der Waals surface area contributed by atoms with Crippen LogP contribution in [0, 0.1) is 0 Å². The van der Waals surface area contributed by atoms with Gasteiger partial charge in [-0.15, -0.1) is 11.3 Å². The molecule has 1 aliphatic heterocycles. The molecule has 136 valence electrons. The number of benzene rings is 1. The molecule has 1 aromatic heterocycles. The lowest BCUT2D eigenvalue weighted by molar-refractivity contribution is -0.119. The summed E-state index contributed by atoms with van der Waals surface area (Å²) < 4.78 is 10.8. The predicted octanol–water partition coefficient (Wildman–Crippen LogP) is 2.53. The molecule has 8 heteroatoms. The van der Waals surface area contributed by atoms with Gasteiger partial charge in [-0.1, -0.05) is 19.1 Å². The van der Waals surface area contributed by atoms with E-state index in [0.29, 0.717) is 16.3 Å². The fraction of sp³-hybridized carbons (Fsp3) is 0.278. The Morgan fingerprint density at radius 1 is 1.23 bits per heavy atom. The highest BCUT2D eigenvalue weighted by molar-refractivity contribution is 7.14. The average molecular weight is 374 g/mol. The highest BCUT2D eigenvalue weighted by Crippen LogP contribution is 2.40. The van der Waals surface area contributed by atoms with Gasteiger partial charge in [-0.3, -0.25) is 9.59 Å². The second kappa shape index (κ2) is 7.17. The van der Waals surface area contributed by atoms with Crippen LogP contribution < -0.4 is 15.8 Å². The first-order valence-electron chi connectivity index (χ1n) is 8.02. The topological polar surface area (TPSA) is 108 Å². The number of carbonyl (C=O) groups is 3. The van der Waals surface area contributed by atoms with E-state index in [1.165, 1.54) is 6.07 Å². The van der Waals surface area contributed by atoms with E-state index in [2.05, 4.69) is 5.32 Å². The van der Waals surface area contributed by atoms with Gasteiger partial charge in [-0.05, 0) is 24.4 Å². The summed E-state index contributed by atoms with van der Waals surface area (Å²) in [6, 6.07) is 6.79. The summed E-state index contributed by atoms with van der Waals surface area (Å²) >= 11 is 1.16. The van der Waals surface area contributed by atoms with Crippen molar-refractivity contribution in [3.8, 4) is 5.75 Å². The smallest absolute Gasteiger partial charge is 0.342 e. The third kappa shape index (κ3) is 3.41. The largest absolute Gasteiger partial charge is 0.489 e. The molecule has 0 saturated carbocycles. The number of hydrogen-bond donors (Lipinski definition) is 2. The first-order valence-corrected chi connectivity index (χ1v) is 8.90. The zero-order chi connectivity index (χ0) is 18.8. The number of para-hydroxylation sites is 1. The molecule has 2 amide bonds. The Balaban J connectivity index is 1.64. The van der Waals surface area contributed by atoms with Crippen LogP contribution >= 0.6 is 11.3 Å². The number of carbonyl (C=O) groups excluding carboxylic acids is 3. The van der Waals surface area contributed by atoms with Gasteiger partial charge in [0.05, 0.1) is 5.56 Å². The monoisotopic (exact) mass is 374 g/mol. The van der Waals surface area contributed by atoms with Crippen LogP contribution in [0.1, 0.15) is 46.0 Å². The van der Waals surface area contributed by atoms with E-state index >= 15 is 0 Å². The molecule has 1 aliphatic rings. The van der Waals surface area contributed by atoms with Gasteiger partial charge in [-0.25, -0.2) is 4.79 Å². The number of rotatable bonds is 5. The van der Waals surface area contributed by atoms with Crippen molar-refractivity contribution in [2.45, 2.75) is 25.9 Å². The van der Waals surface area contributed by atoms with Crippen molar-refractivity contribution in [3.63, 3.8) is 0 Å². The van der Waals surface area contributed by atoms with E-state index < -0.39 is 24.4 Å². The molecule has 2 aromatic rings. The van der Waals surface area contributed by atoms with Gasteiger partial charge in [0.15, 0.2) is 6.61 Å². The van der Waals surface area contributed by atoms with Gasteiger partial charge < -0.3 is 20.5 Å². The third-order valence-corrected chi connectivity index (χ3v) is 5.11. The lowest BCUT2D eigenvalue weighted by Gasteiger charge is -2.10. The molecule has 0 saturated heterocycles. The van der Waals surface area contributed by atoms with Crippen LogP contribution in [0.2, 0.25) is 0 Å². The highest BCUT2D eigenvalue weighted by atomic mass is 32.1. The van der Waals surface area contributed by atoms with Crippen molar-refractivity contribution in [1.82, 2.24) is 0 Å². The summed E-state index contributed by atoms with van der Waals surface area (Å²) in [6.07, 6.45) is -0.0340. The minimum atomic E-state index is -0.640. The van der Waals surface area contributed by atoms with Crippen LogP contribution in [0.15, 0.2) is 29.6 Å². The van der Waals surface area contributed by atoms with Crippen LogP contribution in [0.4, 0.5) is 5.00 Å². The summed E-state index contributed by atoms with van der Waals surface area (Å²) in [6.45, 7) is 3.48. The van der Waals surface area contributed by atoms with Crippen LogP contribution in [0.3, 0.4) is 0 Å². The van der Waals surface area contributed by atoms with Gasteiger partial charge in [0.2, 0.25) is 0 Å². The van der Waals surface area contributed by atoms with Gasteiger partial charge in [-0.2, -0.15) is 0 Å². The Hall–Kier alpha value is -2.87. The number of nitrogens with one attached hydrogen (secondary N) is 1. The Labute approximate surface area is 154 Å². The van der Waals surface area contributed by atoms with Gasteiger partial charge >= 0.3 is 5.97 Å². The zero-order valence-electron chi connectivity index (χ0n) is 14.3. The summed E-state index contributed by atoms with van der Waals surface area (Å²) in [7, 11) is 0. The second-order valence-corrected chi connectivity index (χ2v) is 6.90. The number of fused-ring (bicyclic) bond motifs is 1. The molecule has 3 N–H and O–H groups in total. The Kier molecular flexibility index (Phi) is 4.94. The predicted molar refractivity (Wildman–Crippen MR) is 96.7 cm³/mol. The molecule has 0 spiro atoms. The summed E-state index contributed by atoms with van der Waals surface area (Å²) in [5, 5.41) is 4.47. The number of anilines is 1. The molecule has 0 fully saturated rings. The molecule has 0 bridgehead atoms. The Morgan fingerprint density at radius 3 is 2.73 bits per heavy atom. The normalized spacial score (nSPS) is 17.9. The number of thiophene rings is 1. The van der Waals surface area contributed by atoms with Crippen LogP contribution in [-0.4, -0.2) is 30.5 Å². The highest BCUT2D eigenvalue weighted by Gasteiger charge is 2.31. The average Bonchev–Trinajstić information content (AvgIpc) is 3.18. The summed E-state index contributed by atoms with van der Waals surface area (Å²) in [5.41, 5.74) is 6.68. The molecule has 0 aliphatic carbocycles. The molecular weight excluding hydrogens is 356 g/mol. The van der Waals surface area contributed by atoms with Gasteiger partial charge in [0, 0.05) is 11.5 Å². The number of esters is 1. The van der Waals surface area contributed by atoms with Crippen LogP contribution in [-0.2, 0) is 9.53 Å². The number of amides is 2. The quantitative estimate of drug-likeness (QED) is 0.782. The minimum Gasteiger partial charge on any atom is -0.489 e. The van der Waals surface area contributed by atoms with Gasteiger partial charge in [0.25, 0.3) is 11.8 Å². The van der Waals surface area contributed by atoms with Crippen LogP contribution in [0.5, 0.6) is 5.75 Å².